The predicted molar refractivity (Wildman–Crippen MR) is 176 cm³/mol. The molecule has 0 unspecified atom stereocenters. The Kier molecular flexibility index (Phi) is 9.42. The minimum atomic E-state index is -2.99. The maximum Gasteiger partial charge on any atom is 0.254 e. The van der Waals surface area contributed by atoms with Crippen LogP contribution in [-0.4, -0.2) is 78.5 Å². The smallest absolute Gasteiger partial charge is 0.254 e. The largest absolute Gasteiger partial charge is 0.396 e. The van der Waals surface area contributed by atoms with Crippen molar-refractivity contribution in [1.29, 1.82) is 0 Å². The van der Waals surface area contributed by atoms with Crippen LogP contribution in [0.1, 0.15) is 43.9 Å². The number of nitrogens with one attached hydrogen (secondary N) is 1. The van der Waals surface area contributed by atoms with Crippen molar-refractivity contribution in [1.82, 2.24) is 20.3 Å². The zero-order valence-electron chi connectivity index (χ0n) is 26.7. The first-order valence-corrected chi connectivity index (χ1v) is 19.4. The highest BCUT2D eigenvalue weighted by atomic mass is 28.4. The lowest BCUT2D eigenvalue weighted by molar-refractivity contribution is -0.122. The summed E-state index contributed by atoms with van der Waals surface area (Å²) in [6.45, 7) is 8.57. The van der Waals surface area contributed by atoms with Crippen LogP contribution in [0.25, 0.3) is 0 Å². The third-order valence-corrected chi connectivity index (χ3v) is 12.7. The van der Waals surface area contributed by atoms with Gasteiger partial charge >= 0.3 is 0 Å². The number of carbonyl (C=O) groups excluding carboxylic acids is 1. The summed E-state index contributed by atoms with van der Waals surface area (Å²) in [5.74, 6) is 0.291. The summed E-state index contributed by atoms with van der Waals surface area (Å²) < 4.78 is 24.1. The van der Waals surface area contributed by atoms with Gasteiger partial charge < -0.3 is 24.2 Å². The van der Waals surface area contributed by atoms with Crippen molar-refractivity contribution in [2.75, 3.05) is 36.2 Å². The Labute approximate surface area is 266 Å². The zero-order chi connectivity index (χ0) is 31.6. The minimum Gasteiger partial charge on any atom is -0.396 e. The van der Waals surface area contributed by atoms with Gasteiger partial charge in [-0.2, -0.15) is 0 Å². The van der Waals surface area contributed by atoms with Gasteiger partial charge in [0.1, 0.15) is 5.54 Å². The molecule has 3 saturated heterocycles. The Morgan fingerprint density at radius 1 is 1.04 bits per heavy atom. The van der Waals surface area contributed by atoms with Crippen LogP contribution < -0.4 is 15.1 Å². The lowest BCUT2D eigenvalue weighted by atomic mass is 9.86. The molecule has 4 heterocycles. The number of para-hydroxylation sites is 1. The van der Waals surface area contributed by atoms with E-state index in [0.717, 1.165) is 61.4 Å². The van der Waals surface area contributed by atoms with Crippen LogP contribution in [0.2, 0.25) is 18.6 Å². The van der Waals surface area contributed by atoms with Crippen LogP contribution in [-0.2, 0) is 28.9 Å². The van der Waals surface area contributed by atoms with E-state index in [-0.39, 0.29) is 36.2 Å². The molecule has 9 nitrogen and oxygen atoms in total. The zero-order valence-corrected chi connectivity index (χ0v) is 27.7. The number of amides is 1. The van der Waals surface area contributed by atoms with Crippen molar-refractivity contribution >= 4 is 25.7 Å². The molecule has 11 heteroatoms. The van der Waals surface area contributed by atoms with Gasteiger partial charge in [-0.15, -0.1) is 5.10 Å². The molecule has 6 rings (SSSR count). The van der Waals surface area contributed by atoms with Crippen molar-refractivity contribution in [2.24, 2.45) is 5.92 Å². The summed E-state index contributed by atoms with van der Waals surface area (Å²) in [7, 11) is -2.99. The fourth-order valence-corrected chi connectivity index (χ4v) is 10.5. The number of anilines is 2. The van der Waals surface area contributed by atoms with Gasteiger partial charge in [0.05, 0.1) is 24.6 Å². The summed E-state index contributed by atoms with van der Waals surface area (Å²) in [5, 5.41) is 20.9. The van der Waals surface area contributed by atoms with Crippen LogP contribution in [0.5, 0.6) is 0 Å². The van der Waals surface area contributed by atoms with Crippen molar-refractivity contribution in [2.45, 2.75) is 88.4 Å². The number of carbonyl (C=O) groups is 1. The standard InChI is InChI=1S/C34H47FN6O3Si/c1-25-30(44-31(32(25)45(2,3)35)14-20-39-23-27(15-21-42)37-38-39)13-12-26-8-7-11-29(22-26)40-24-41(28-9-5-4-6-10-28)34(33(40)43)16-18-36-19-17-34/h4-11,22-23,25,30-32,36,42H,12-21,24H2,1-3H3/t25-,30+,31-,32+/m0/s1. The predicted octanol–water partition coefficient (Wildman–Crippen LogP) is 4.72. The fourth-order valence-electron chi connectivity index (χ4n) is 7.94. The number of rotatable bonds is 11. The molecule has 0 radical (unpaired) electrons. The van der Waals surface area contributed by atoms with Crippen LogP contribution in [0.4, 0.5) is 15.5 Å². The Hall–Kier alpha value is -3.12. The summed E-state index contributed by atoms with van der Waals surface area (Å²) in [4.78, 5) is 18.4. The first-order chi connectivity index (χ1) is 21.7. The van der Waals surface area contributed by atoms with Crippen LogP contribution >= 0.6 is 0 Å². The summed E-state index contributed by atoms with van der Waals surface area (Å²) in [6, 6.07) is 18.6. The van der Waals surface area contributed by atoms with Crippen molar-refractivity contribution in [3.8, 4) is 0 Å². The van der Waals surface area contributed by atoms with Gasteiger partial charge in [0.15, 0.2) is 0 Å². The second-order valence-corrected chi connectivity index (χ2v) is 17.3. The molecule has 4 atom stereocenters. The van der Waals surface area contributed by atoms with E-state index in [0.29, 0.717) is 26.1 Å². The van der Waals surface area contributed by atoms with Crippen LogP contribution in [0, 0.1) is 5.92 Å². The van der Waals surface area contributed by atoms with E-state index >= 15 is 4.11 Å². The van der Waals surface area contributed by atoms with Crippen molar-refractivity contribution < 1.29 is 18.7 Å². The lowest BCUT2D eigenvalue weighted by Crippen LogP contribution is -2.55. The highest BCUT2D eigenvalue weighted by Gasteiger charge is 2.53. The second kappa shape index (κ2) is 13.3. The molecule has 1 spiro atoms. The molecule has 1 amide bonds. The van der Waals surface area contributed by atoms with Crippen LogP contribution in [0.3, 0.4) is 0 Å². The van der Waals surface area contributed by atoms with E-state index in [1.54, 1.807) is 17.8 Å². The maximum atomic E-state index is 15.7. The molecule has 3 aliphatic rings. The Morgan fingerprint density at radius 3 is 2.53 bits per heavy atom. The van der Waals surface area contributed by atoms with Gasteiger partial charge in [0.25, 0.3) is 5.91 Å². The number of aryl methyl sites for hydroxylation is 2. The number of benzene rings is 2. The average molecular weight is 635 g/mol. The Bertz CT molecular complexity index is 1440. The van der Waals surface area contributed by atoms with E-state index < -0.39 is 13.9 Å². The topological polar surface area (TPSA) is 95.8 Å². The maximum absolute atomic E-state index is 15.7. The monoisotopic (exact) mass is 634 g/mol. The van der Waals surface area contributed by atoms with Crippen LogP contribution in [0.15, 0.2) is 60.8 Å². The number of halogens is 1. The highest BCUT2D eigenvalue weighted by Crippen LogP contribution is 2.47. The molecule has 242 valence electrons. The number of aromatic nitrogens is 3. The number of nitrogens with zero attached hydrogens (tertiary/aromatic N) is 5. The van der Waals surface area contributed by atoms with E-state index in [1.165, 1.54) is 0 Å². The molecule has 2 aromatic carbocycles. The third kappa shape index (κ3) is 6.58. The SMILES string of the molecule is C[C@@H]1[C@@H]([Si](C)(C)F)[C@H](CCn2cc(CCO)nn2)O[C@@H]1CCc1cccc(N2CN(c3ccccc3)C3(CCNCC3)C2=O)c1. The number of hydrogen-bond acceptors (Lipinski definition) is 7. The molecule has 2 N–H and O–H groups in total. The lowest BCUT2D eigenvalue weighted by Gasteiger charge is -2.39. The average Bonchev–Trinajstić information content (AvgIpc) is 3.70. The fraction of sp³-hybridized carbons (Fsp3) is 0.559. The van der Waals surface area contributed by atoms with Crippen molar-refractivity contribution in [3.63, 3.8) is 0 Å². The number of aliphatic hydroxyl groups excluding tert-OH is 1. The van der Waals surface area contributed by atoms with E-state index in [4.69, 9.17) is 4.74 Å². The molecule has 3 aromatic rings. The first kappa shape index (κ1) is 31.8. The van der Waals surface area contributed by atoms with Gasteiger partial charge in [0, 0.05) is 42.7 Å². The van der Waals surface area contributed by atoms with Gasteiger partial charge in [0.2, 0.25) is 8.41 Å². The summed E-state index contributed by atoms with van der Waals surface area (Å²) in [5.41, 5.74) is 3.29. The molecular formula is C34H47FN6O3Si. The molecular weight excluding hydrogens is 587 g/mol. The summed E-state index contributed by atoms with van der Waals surface area (Å²) in [6.07, 6.45) is 5.96. The van der Waals surface area contributed by atoms with Gasteiger partial charge in [-0.3, -0.25) is 14.4 Å². The number of piperidine rings is 1. The van der Waals surface area contributed by atoms with E-state index in [9.17, 15) is 9.90 Å². The van der Waals surface area contributed by atoms with E-state index in [2.05, 4.69) is 51.7 Å². The second-order valence-electron chi connectivity index (χ2n) is 13.5. The molecule has 3 fully saturated rings. The van der Waals surface area contributed by atoms with E-state index in [1.807, 2.05) is 41.4 Å². The molecule has 3 aliphatic heterocycles. The van der Waals surface area contributed by atoms with Gasteiger partial charge in [-0.25, -0.2) is 0 Å². The number of aliphatic hydroxyl groups is 1. The minimum absolute atomic E-state index is 0.0353. The Morgan fingerprint density at radius 2 is 1.80 bits per heavy atom. The number of hydrogen-bond donors (Lipinski definition) is 2. The molecule has 45 heavy (non-hydrogen) atoms. The number of ether oxygens (including phenoxy) is 1. The Balaban J connectivity index is 1.14. The first-order valence-electron chi connectivity index (χ1n) is 16.5. The normalized spacial score (nSPS) is 25.0. The molecule has 0 saturated carbocycles. The third-order valence-electron chi connectivity index (χ3n) is 10.2. The molecule has 0 aliphatic carbocycles. The highest BCUT2D eigenvalue weighted by molar-refractivity contribution is 6.72. The summed E-state index contributed by atoms with van der Waals surface area (Å²) >= 11 is 0. The molecule has 1 aromatic heterocycles. The quantitative estimate of drug-likeness (QED) is 0.233. The van der Waals surface area contributed by atoms with Gasteiger partial charge in [-0.05, 0) is 94.0 Å². The van der Waals surface area contributed by atoms with Gasteiger partial charge in [-0.1, -0.05) is 42.5 Å². The molecule has 0 bridgehead atoms. The van der Waals surface area contributed by atoms with Crippen molar-refractivity contribution in [3.05, 3.63) is 72.1 Å².